The van der Waals surface area contributed by atoms with Gasteiger partial charge in [-0.2, -0.15) is 0 Å². The minimum atomic E-state index is 0.0262. The van der Waals surface area contributed by atoms with Crippen LogP contribution in [0.25, 0.3) is 0 Å². The number of hydrogen-bond acceptors (Lipinski definition) is 4. The van der Waals surface area contributed by atoms with Crippen LogP contribution in [0.3, 0.4) is 0 Å². The summed E-state index contributed by atoms with van der Waals surface area (Å²) >= 11 is 0. The Morgan fingerprint density at radius 1 is 1.19 bits per heavy atom. The molecule has 0 aliphatic carbocycles. The quantitative estimate of drug-likeness (QED) is 0.847. The lowest BCUT2D eigenvalue weighted by molar-refractivity contribution is 0.161. The van der Waals surface area contributed by atoms with Gasteiger partial charge in [-0.25, -0.2) is 4.79 Å². The maximum atomic E-state index is 12.5. The average molecular weight is 361 g/mol. The number of nitrogens with zero attached hydrogens (tertiary/aromatic N) is 2. The summed E-state index contributed by atoms with van der Waals surface area (Å²) in [6.07, 6.45) is 5.02. The van der Waals surface area contributed by atoms with E-state index in [0.29, 0.717) is 30.7 Å². The molecule has 1 N–H and O–H groups in total. The number of amides is 2. The highest BCUT2D eigenvalue weighted by atomic mass is 16.5. The number of methoxy groups -OCH3 is 1. The number of nitrogens with one attached hydrogen (secondary N) is 1. The van der Waals surface area contributed by atoms with Gasteiger partial charge in [0.15, 0.2) is 11.5 Å². The lowest BCUT2D eigenvalue weighted by Crippen LogP contribution is -2.43. The Balaban J connectivity index is 1.50. The fraction of sp³-hybridized carbons (Fsp3) is 0.650. The molecular weight excluding hydrogens is 330 g/mol. The van der Waals surface area contributed by atoms with Crippen LogP contribution < -0.4 is 14.8 Å². The van der Waals surface area contributed by atoms with E-state index >= 15 is 0 Å². The smallest absolute Gasteiger partial charge is 0.317 e. The number of carbonyl (C=O) groups is 1. The van der Waals surface area contributed by atoms with Crippen LogP contribution in [0.2, 0.25) is 0 Å². The molecule has 2 fully saturated rings. The van der Waals surface area contributed by atoms with Gasteiger partial charge in [-0.3, -0.25) is 4.90 Å². The van der Waals surface area contributed by atoms with E-state index in [1.807, 2.05) is 30.0 Å². The lowest BCUT2D eigenvalue weighted by atomic mass is 10.1. The fourth-order valence-electron chi connectivity index (χ4n) is 3.90. The van der Waals surface area contributed by atoms with E-state index in [1.165, 1.54) is 32.4 Å². The van der Waals surface area contributed by atoms with Gasteiger partial charge in [-0.15, -0.1) is 0 Å². The molecule has 0 bridgehead atoms. The Hall–Kier alpha value is -1.95. The summed E-state index contributed by atoms with van der Waals surface area (Å²) in [7, 11) is 1.63. The molecule has 1 aromatic carbocycles. The first-order valence-electron chi connectivity index (χ1n) is 9.77. The minimum absolute atomic E-state index is 0.0262. The molecule has 3 rings (SSSR count). The number of piperidine rings is 1. The van der Waals surface area contributed by atoms with Gasteiger partial charge in [0, 0.05) is 25.7 Å². The molecule has 6 heteroatoms. The van der Waals surface area contributed by atoms with Crippen molar-refractivity contribution in [2.45, 2.75) is 45.2 Å². The van der Waals surface area contributed by atoms with E-state index in [9.17, 15) is 4.79 Å². The molecule has 144 valence electrons. The second kappa shape index (κ2) is 9.12. The highest BCUT2D eigenvalue weighted by Gasteiger charge is 2.30. The highest BCUT2D eigenvalue weighted by molar-refractivity contribution is 5.74. The number of rotatable bonds is 6. The van der Waals surface area contributed by atoms with Crippen LogP contribution in [-0.2, 0) is 6.54 Å². The number of urea groups is 1. The molecule has 6 nitrogen and oxygen atoms in total. The highest BCUT2D eigenvalue weighted by Crippen LogP contribution is 2.28. The van der Waals surface area contributed by atoms with Crippen molar-refractivity contribution in [2.75, 3.05) is 39.9 Å². The number of ether oxygens (including phenoxy) is 2. The first kappa shape index (κ1) is 18.8. The zero-order valence-electron chi connectivity index (χ0n) is 16.0. The molecule has 2 aliphatic rings. The number of benzene rings is 1. The molecule has 0 radical (unpaired) electrons. The van der Waals surface area contributed by atoms with E-state index in [4.69, 9.17) is 9.47 Å². The molecule has 0 aromatic heterocycles. The summed E-state index contributed by atoms with van der Waals surface area (Å²) in [5, 5.41) is 3.04. The Bertz CT molecular complexity index is 602. The van der Waals surface area contributed by atoms with Crippen LogP contribution in [-0.4, -0.2) is 61.8 Å². The Morgan fingerprint density at radius 3 is 2.73 bits per heavy atom. The van der Waals surface area contributed by atoms with Gasteiger partial charge in [-0.05, 0) is 57.0 Å². The van der Waals surface area contributed by atoms with Crippen molar-refractivity contribution in [3.63, 3.8) is 0 Å². The van der Waals surface area contributed by atoms with Crippen molar-refractivity contribution in [2.24, 2.45) is 0 Å². The summed E-state index contributed by atoms with van der Waals surface area (Å²) < 4.78 is 10.9. The molecule has 2 saturated heterocycles. The van der Waals surface area contributed by atoms with Gasteiger partial charge in [0.2, 0.25) is 0 Å². The zero-order chi connectivity index (χ0) is 18.4. The van der Waals surface area contributed by atoms with E-state index in [-0.39, 0.29) is 6.03 Å². The van der Waals surface area contributed by atoms with Crippen LogP contribution in [0.4, 0.5) is 4.79 Å². The van der Waals surface area contributed by atoms with Crippen molar-refractivity contribution in [3.05, 3.63) is 23.8 Å². The summed E-state index contributed by atoms with van der Waals surface area (Å²) in [4.78, 5) is 17.0. The van der Waals surface area contributed by atoms with E-state index < -0.39 is 0 Å². The first-order chi connectivity index (χ1) is 12.7. The molecule has 0 saturated carbocycles. The average Bonchev–Trinajstić information content (AvgIpc) is 3.17. The standard InChI is InChI=1S/C20H31N3O3/c1-3-26-19-13-16(7-8-18(19)25-2)14-21-20(24)23-12-9-17(15-23)22-10-5-4-6-11-22/h7-8,13,17H,3-6,9-12,14-15H2,1-2H3,(H,21,24)/t17-/m1/s1. The topological polar surface area (TPSA) is 54.0 Å². The molecular formula is C20H31N3O3. The molecule has 1 aromatic rings. The molecule has 1 atom stereocenters. The summed E-state index contributed by atoms with van der Waals surface area (Å²) in [6.45, 7) is 7.09. The third kappa shape index (κ3) is 4.61. The first-order valence-corrected chi connectivity index (χ1v) is 9.77. The summed E-state index contributed by atoms with van der Waals surface area (Å²) in [5.41, 5.74) is 1.01. The van der Waals surface area contributed by atoms with Crippen LogP contribution in [0.1, 0.15) is 38.2 Å². The number of hydrogen-bond donors (Lipinski definition) is 1. The molecule has 2 heterocycles. The van der Waals surface area contributed by atoms with Gasteiger partial charge in [-0.1, -0.05) is 12.5 Å². The van der Waals surface area contributed by atoms with Crippen LogP contribution in [0.5, 0.6) is 11.5 Å². The van der Waals surface area contributed by atoms with Gasteiger partial charge < -0.3 is 19.7 Å². The van der Waals surface area contributed by atoms with Gasteiger partial charge in [0.05, 0.1) is 13.7 Å². The van der Waals surface area contributed by atoms with Gasteiger partial charge in [0.25, 0.3) is 0 Å². The predicted molar refractivity (Wildman–Crippen MR) is 102 cm³/mol. The third-order valence-electron chi connectivity index (χ3n) is 5.33. The normalized spacial score (nSPS) is 20.8. The number of likely N-dealkylation sites (tertiary alicyclic amines) is 2. The molecule has 26 heavy (non-hydrogen) atoms. The van der Waals surface area contributed by atoms with Crippen molar-refractivity contribution >= 4 is 6.03 Å². The van der Waals surface area contributed by atoms with Crippen molar-refractivity contribution in [3.8, 4) is 11.5 Å². The van der Waals surface area contributed by atoms with E-state index in [1.54, 1.807) is 7.11 Å². The number of carbonyl (C=O) groups excluding carboxylic acids is 1. The largest absolute Gasteiger partial charge is 0.493 e. The van der Waals surface area contributed by atoms with Crippen molar-refractivity contribution in [1.29, 1.82) is 0 Å². The zero-order valence-corrected chi connectivity index (χ0v) is 16.0. The maximum Gasteiger partial charge on any atom is 0.317 e. The Labute approximate surface area is 156 Å². The van der Waals surface area contributed by atoms with Crippen molar-refractivity contribution < 1.29 is 14.3 Å². The fourth-order valence-corrected chi connectivity index (χ4v) is 3.90. The lowest BCUT2D eigenvalue weighted by Gasteiger charge is -2.32. The predicted octanol–water partition coefficient (Wildman–Crippen LogP) is 2.86. The molecule has 2 amide bonds. The van der Waals surface area contributed by atoms with Gasteiger partial charge in [0.1, 0.15) is 0 Å². The molecule has 0 spiro atoms. The monoisotopic (exact) mass is 361 g/mol. The van der Waals surface area contributed by atoms with E-state index in [2.05, 4.69) is 10.2 Å². The third-order valence-corrected chi connectivity index (χ3v) is 5.33. The molecule has 0 unspecified atom stereocenters. The van der Waals surface area contributed by atoms with Crippen LogP contribution in [0.15, 0.2) is 18.2 Å². The van der Waals surface area contributed by atoms with E-state index in [0.717, 1.165) is 25.1 Å². The second-order valence-corrected chi connectivity index (χ2v) is 7.06. The van der Waals surface area contributed by atoms with Crippen molar-refractivity contribution in [1.82, 2.24) is 15.1 Å². The Kier molecular flexibility index (Phi) is 6.61. The molecule has 2 aliphatic heterocycles. The van der Waals surface area contributed by atoms with Crippen LogP contribution in [0, 0.1) is 0 Å². The summed E-state index contributed by atoms with van der Waals surface area (Å²) in [6, 6.07) is 6.34. The van der Waals surface area contributed by atoms with Gasteiger partial charge >= 0.3 is 6.03 Å². The maximum absolute atomic E-state index is 12.5. The second-order valence-electron chi connectivity index (χ2n) is 7.06. The SMILES string of the molecule is CCOc1cc(CNC(=O)N2CC[C@@H](N3CCCCC3)C2)ccc1OC. The van der Waals surface area contributed by atoms with Crippen LogP contribution >= 0.6 is 0 Å². The minimum Gasteiger partial charge on any atom is -0.493 e. The summed E-state index contributed by atoms with van der Waals surface area (Å²) in [5.74, 6) is 1.43. The Morgan fingerprint density at radius 2 is 2.00 bits per heavy atom.